The Balaban J connectivity index is 1.12. The first-order valence-electron chi connectivity index (χ1n) is 14.9. The summed E-state index contributed by atoms with van der Waals surface area (Å²) in [7, 11) is 0. The Morgan fingerprint density at radius 1 is 0.467 bits per heavy atom. The number of aromatic nitrogens is 2. The van der Waals surface area contributed by atoms with E-state index in [0.29, 0.717) is 0 Å². The highest BCUT2D eigenvalue weighted by molar-refractivity contribution is 7.26. The minimum Gasteiger partial charge on any atom is -0.452 e. The molecule has 0 unspecified atom stereocenters. The molecule has 0 fully saturated rings. The van der Waals surface area contributed by atoms with Crippen molar-refractivity contribution >= 4 is 85.1 Å². The van der Waals surface area contributed by atoms with Gasteiger partial charge in [0.25, 0.3) is 0 Å². The van der Waals surface area contributed by atoms with Crippen LogP contribution in [0.2, 0.25) is 0 Å². The molecule has 0 aliphatic heterocycles. The molecule has 0 aliphatic rings. The van der Waals surface area contributed by atoms with E-state index in [1.54, 1.807) is 17.7 Å². The normalized spacial score (nSPS) is 12.0. The van der Waals surface area contributed by atoms with Gasteiger partial charge >= 0.3 is 0 Å². The molecule has 0 bridgehead atoms. The first-order valence-corrected chi connectivity index (χ1v) is 16.5. The van der Waals surface area contributed by atoms with Crippen LogP contribution in [-0.2, 0) is 0 Å². The van der Waals surface area contributed by atoms with Crippen LogP contribution in [0.15, 0.2) is 138 Å². The Labute approximate surface area is 265 Å². The molecule has 0 amide bonds. The Kier molecular flexibility index (Phi) is 5.32. The minimum absolute atomic E-state index is 0.722. The number of thiophene rings is 2. The van der Waals surface area contributed by atoms with Gasteiger partial charge in [-0.2, -0.15) is 0 Å². The van der Waals surface area contributed by atoms with Crippen molar-refractivity contribution in [2.45, 2.75) is 0 Å². The maximum Gasteiger partial charge on any atom is 0.180 e. The highest BCUT2D eigenvalue weighted by Gasteiger charge is 2.19. The summed E-state index contributed by atoms with van der Waals surface area (Å²) in [5.74, 6) is 0. The minimum atomic E-state index is 0.722. The number of hydrogen-bond acceptors (Lipinski definition) is 5. The van der Waals surface area contributed by atoms with Gasteiger partial charge < -0.3 is 4.42 Å². The van der Waals surface area contributed by atoms with Gasteiger partial charge in [0.1, 0.15) is 23.1 Å². The van der Waals surface area contributed by atoms with E-state index >= 15 is 0 Å². The van der Waals surface area contributed by atoms with Gasteiger partial charge in [-0.15, -0.1) is 22.7 Å². The molecule has 6 aromatic carbocycles. The topological polar surface area (TPSA) is 38.9 Å². The van der Waals surface area contributed by atoms with Crippen LogP contribution in [0.4, 0.5) is 0 Å². The fraction of sp³-hybridized carbons (Fsp3) is 0. The van der Waals surface area contributed by atoms with Crippen LogP contribution in [0.1, 0.15) is 0 Å². The molecule has 45 heavy (non-hydrogen) atoms. The van der Waals surface area contributed by atoms with Gasteiger partial charge in [-0.25, -0.2) is 9.97 Å². The molecular weight excluding hydrogens is 589 g/mol. The molecule has 0 saturated heterocycles. The molecular formula is C40H22N2OS2. The van der Waals surface area contributed by atoms with Crippen molar-refractivity contribution in [3.63, 3.8) is 0 Å². The zero-order chi connectivity index (χ0) is 29.5. The number of nitrogens with zero attached hydrogens (tertiary/aromatic N) is 2. The highest BCUT2D eigenvalue weighted by Crippen LogP contribution is 2.43. The zero-order valence-corrected chi connectivity index (χ0v) is 25.5. The van der Waals surface area contributed by atoms with Gasteiger partial charge in [0.15, 0.2) is 5.58 Å². The number of fused-ring (bicyclic) bond motifs is 9. The predicted octanol–water partition coefficient (Wildman–Crippen LogP) is 12.1. The summed E-state index contributed by atoms with van der Waals surface area (Å²) in [6.45, 7) is 0. The fourth-order valence-corrected chi connectivity index (χ4v) is 9.18. The van der Waals surface area contributed by atoms with Crippen molar-refractivity contribution < 1.29 is 4.42 Å². The van der Waals surface area contributed by atoms with Crippen LogP contribution in [0, 0.1) is 0 Å². The van der Waals surface area contributed by atoms with E-state index in [1.165, 1.54) is 51.5 Å². The van der Waals surface area contributed by atoms with Gasteiger partial charge in [-0.05, 0) is 52.6 Å². The molecule has 0 atom stereocenters. The fourth-order valence-electron chi connectivity index (χ4n) is 6.72. The van der Waals surface area contributed by atoms with Crippen LogP contribution >= 0.6 is 22.7 Å². The lowest BCUT2D eigenvalue weighted by Crippen LogP contribution is -1.87. The summed E-state index contributed by atoms with van der Waals surface area (Å²) < 4.78 is 11.6. The Morgan fingerprint density at radius 3 is 1.87 bits per heavy atom. The summed E-state index contributed by atoms with van der Waals surface area (Å²) in [6, 6.07) is 45.6. The van der Waals surface area contributed by atoms with Crippen LogP contribution in [0.5, 0.6) is 0 Å². The average Bonchev–Trinajstić information content (AvgIpc) is 3.79. The zero-order valence-electron chi connectivity index (χ0n) is 23.8. The van der Waals surface area contributed by atoms with Gasteiger partial charge in [0, 0.05) is 51.3 Å². The Morgan fingerprint density at radius 2 is 1.09 bits per heavy atom. The van der Waals surface area contributed by atoms with Crippen molar-refractivity contribution in [1.82, 2.24) is 9.97 Å². The largest absolute Gasteiger partial charge is 0.452 e. The van der Waals surface area contributed by atoms with Gasteiger partial charge in [0.2, 0.25) is 0 Å². The third kappa shape index (κ3) is 3.75. The molecule has 0 aliphatic carbocycles. The quantitative estimate of drug-likeness (QED) is 0.200. The third-order valence-electron chi connectivity index (χ3n) is 8.82. The van der Waals surface area contributed by atoms with Crippen LogP contribution in [0.3, 0.4) is 0 Å². The molecule has 0 N–H and O–H groups in total. The maximum absolute atomic E-state index is 6.50. The number of benzene rings is 6. The van der Waals surface area contributed by atoms with Crippen molar-refractivity contribution in [1.29, 1.82) is 0 Å². The molecule has 4 heterocycles. The molecule has 5 heteroatoms. The van der Waals surface area contributed by atoms with Gasteiger partial charge in [-0.1, -0.05) is 97.1 Å². The van der Waals surface area contributed by atoms with Crippen LogP contribution in [0.25, 0.3) is 95.9 Å². The maximum atomic E-state index is 6.50. The summed E-state index contributed by atoms with van der Waals surface area (Å²) in [5.41, 5.74) is 9.03. The lowest BCUT2D eigenvalue weighted by Gasteiger charge is -2.08. The van der Waals surface area contributed by atoms with Crippen molar-refractivity contribution in [2.24, 2.45) is 0 Å². The smallest absolute Gasteiger partial charge is 0.180 e. The van der Waals surface area contributed by atoms with E-state index in [1.807, 2.05) is 11.3 Å². The summed E-state index contributed by atoms with van der Waals surface area (Å²) in [4.78, 5) is 9.49. The molecule has 0 radical (unpaired) electrons. The van der Waals surface area contributed by atoms with Gasteiger partial charge in [-0.3, -0.25) is 0 Å². The lowest BCUT2D eigenvalue weighted by atomic mass is 9.97. The monoisotopic (exact) mass is 610 g/mol. The second-order valence-corrected chi connectivity index (χ2v) is 13.5. The molecule has 0 saturated carbocycles. The van der Waals surface area contributed by atoms with E-state index in [-0.39, 0.29) is 0 Å². The van der Waals surface area contributed by atoms with E-state index in [2.05, 4.69) is 127 Å². The Hall–Kier alpha value is -5.36. The number of rotatable bonds is 3. The van der Waals surface area contributed by atoms with Crippen molar-refractivity contribution in [3.05, 3.63) is 134 Å². The molecule has 10 aromatic rings. The van der Waals surface area contributed by atoms with Crippen LogP contribution in [-0.4, -0.2) is 9.97 Å². The molecule has 0 spiro atoms. The van der Waals surface area contributed by atoms with E-state index in [4.69, 9.17) is 14.4 Å². The van der Waals surface area contributed by atoms with E-state index in [0.717, 1.165) is 44.5 Å². The van der Waals surface area contributed by atoms with Crippen LogP contribution < -0.4 is 0 Å². The predicted molar refractivity (Wildman–Crippen MR) is 191 cm³/mol. The lowest BCUT2D eigenvalue weighted by molar-refractivity contribution is 0.667. The van der Waals surface area contributed by atoms with E-state index < -0.39 is 0 Å². The average molecular weight is 611 g/mol. The molecule has 210 valence electrons. The second kappa shape index (κ2) is 9.57. The summed E-state index contributed by atoms with van der Waals surface area (Å²) in [5, 5.41) is 6.13. The van der Waals surface area contributed by atoms with E-state index in [9.17, 15) is 0 Å². The molecule has 10 rings (SSSR count). The summed E-state index contributed by atoms with van der Waals surface area (Å²) in [6.07, 6.45) is 1.66. The molecule has 4 aromatic heterocycles. The summed E-state index contributed by atoms with van der Waals surface area (Å²) >= 11 is 3.66. The third-order valence-corrected chi connectivity index (χ3v) is 11.3. The Bertz CT molecular complexity index is 2780. The second-order valence-electron chi connectivity index (χ2n) is 11.4. The number of hydrogen-bond donors (Lipinski definition) is 0. The highest BCUT2D eigenvalue weighted by atomic mass is 32.1. The number of furan rings is 1. The SMILES string of the molecule is c1cc(-c2ccc3oc4c(-c5cccc6c5sc5ccccc56)ncnc4c3c2)cc(-c2cccc3c2sc2ccccc23)c1. The first-order chi connectivity index (χ1) is 22.3. The molecule has 3 nitrogen and oxygen atoms in total. The van der Waals surface area contributed by atoms with Crippen molar-refractivity contribution in [3.8, 4) is 33.5 Å². The first kappa shape index (κ1) is 25.0. The van der Waals surface area contributed by atoms with Gasteiger partial charge in [0.05, 0.1) is 0 Å². The standard InChI is InChI=1S/C40H22N2OS2/c1-3-16-34-27(10-1)29-13-6-12-26(39(29)44-34)25-9-5-8-23(20-25)24-18-19-33-32(21-24)37-38(43-33)36(41-22-42-37)31-15-7-14-30-28-11-2-4-17-35(28)45-40(30)31/h1-22H. The van der Waals surface area contributed by atoms with Crippen molar-refractivity contribution in [2.75, 3.05) is 0 Å².